The lowest BCUT2D eigenvalue weighted by molar-refractivity contribution is 0.630. The van der Waals surface area contributed by atoms with Gasteiger partial charge in [-0.15, -0.1) is 5.10 Å². The summed E-state index contributed by atoms with van der Waals surface area (Å²) in [6, 6.07) is 4.52. The van der Waals surface area contributed by atoms with E-state index in [1.165, 1.54) is 12.8 Å². The fourth-order valence-electron chi connectivity index (χ4n) is 1.65. The standard InChI is InChI=1S/C10H10ClN3/c1-6-4-10-9(5-8(6)11)12-13-14(10)7-2-3-7/h4-5,7H,2-3H2,1H3. The normalized spacial score (nSPS) is 16.4. The second-order valence-electron chi connectivity index (χ2n) is 3.86. The zero-order chi connectivity index (χ0) is 9.71. The summed E-state index contributed by atoms with van der Waals surface area (Å²) in [7, 11) is 0. The molecule has 1 fully saturated rings. The molecule has 1 aromatic carbocycles. The van der Waals surface area contributed by atoms with Gasteiger partial charge in [-0.25, -0.2) is 4.68 Å². The molecule has 0 unspecified atom stereocenters. The lowest BCUT2D eigenvalue weighted by Crippen LogP contribution is -1.95. The molecule has 0 spiro atoms. The van der Waals surface area contributed by atoms with E-state index in [1.807, 2.05) is 17.7 Å². The summed E-state index contributed by atoms with van der Waals surface area (Å²) in [5.74, 6) is 0. The summed E-state index contributed by atoms with van der Waals surface area (Å²) in [4.78, 5) is 0. The summed E-state index contributed by atoms with van der Waals surface area (Å²) >= 11 is 6.02. The second-order valence-corrected chi connectivity index (χ2v) is 4.26. The van der Waals surface area contributed by atoms with Crippen LogP contribution in [0.5, 0.6) is 0 Å². The van der Waals surface area contributed by atoms with Crippen LogP contribution in [-0.2, 0) is 0 Å². The van der Waals surface area contributed by atoms with Crippen molar-refractivity contribution in [3.8, 4) is 0 Å². The Labute approximate surface area is 86.7 Å². The van der Waals surface area contributed by atoms with Crippen molar-refractivity contribution in [3.63, 3.8) is 0 Å². The maximum atomic E-state index is 6.02. The Morgan fingerprint density at radius 1 is 1.43 bits per heavy atom. The fraction of sp³-hybridized carbons (Fsp3) is 0.400. The van der Waals surface area contributed by atoms with Gasteiger partial charge in [-0.1, -0.05) is 16.8 Å². The highest BCUT2D eigenvalue weighted by Gasteiger charge is 2.26. The number of aryl methyl sites for hydroxylation is 1. The highest BCUT2D eigenvalue weighted by molar-refractivity contribution is 6.32. The number of benzene rings is 1. The molecule has 1 aliphatic rings. The van der Waals surface area contributed by atoms with Crippen LogP contribution in [-0.4, -0.2) is 15.0 Å². The van der Waals surface area contributed by atoms with Crippen molar-refractivity contribution in [2.24, 2.45) is 0 Å². The van der Waals surface area contributed by atoms with E-state index in [-0.39, 0.29) is 0 Å². The molecule has 4 heteroatoms. The predicted molar refractivity (Wildman–Crippen MR) is 55.5 cm³/mol. The van der Waals surface area contributed by atoms with Gasteiger partial charge in [-0.05, 0) is 37.5 Å². The molecular formula is C10H10ClN3. The number of aromatic nitrogens is 3. The first-order valence-electron chi connectivity index (χ1n) is 4.77. The molecule has 1 saturated carbocycles. The number of hydrogen-bond acceptors (Lipinski definition) is 2. The van der Waals surface area contributed by atoms with Crippen molar-refractivity contribution in [2.75, 3.05) is 0 Å². The van der Waals surface area contributed by atoms with E-state index in [2.05, 4.69) is 16.4 Å². The van der Waals surface area contributed by atoms with Crippen LogP contribution in [0.15, 0.2) is 12.1 Å². The highest BCUT2D eigenvalue weighted by atomic mass is 35.5. The van der Waals surface area contributed by atoms with Gasteiger partial charge in [0.15, 0.2) is 0 Å². The molecule has 0 saturated heterocycles. The summed E-state index contributed by atoms with van der Waals surface area (Å²) in [6.45, 7) is 2.01. The Morgan fingerprint density at radius 3 is 2.93 bits per heavy atom. The van der Waals surface area contributed by atoms with Crippen molar-refractivity contribution in [1.29, 1.82) is 0 Å². The summed E-state index contributed by atoms with van der Waals surface area (Å²) in [5.41, 5.74) is 3.09. The largest absolute Gasteiger partial charge is 0.242 e. The maximum absolute atomic E-state index is 6.02. The van der Waals surface area contributed by atoms with Gasteiger partial charge in [0.25, 0.3) is 0 Å². The molecule has 0 aliphatic heterocycles. The van der Waals surface area contributed by atoms with Gasteiger partial charge >= 0.3 is 0 Å². The Bertz CT molecular complexity index is 499. The molecule has 3 rings (SSSR count). The third kappa shape index (κ3) is 1.12. The molecule has 1 aliphatic carbocycles. The van der Waals surface area contributed by atoms with E-state index in [0.29, 0.717) is 6.04 Å². The van der Waals surface area contributed by atoms with Crippen LogP contribution in [0.4, 0.5) is 0 Å². The number of rotatable bonds is 1. The van der Waals surface area contributed by atoms with Crippen molar-refractivity contribution in [1.82, 2.24) is 15.0 Å². The van der Waals surface area contributed by atoms with Crippen LogP contribution in [0, 0.1) is 6.92 Å². The Balaban J connectivity index is 2.29. The maximum Gasteiger partial charge on any atom is 0.114 e. The zero-order valence-corrected chi connectivity index (χ0v) is 8.62. The van der Waals surface area contributed by atoms with Crippen LogP contribution < -0.4 is 0 Å². The molecule has 14 heavy (non-hydrogen) atoms. The molecule has 0 radical (unpaired) electrons. The number of fused-ring (bicyclic) bond motifs is 1. The number of nitrogens with zero attached hydrogens (tertiary/aromatic N) is 3. The van der Waals surface area contributed by atoms with Gasteiger partial charge in [0.05, 0.1) is 11.6 Å². The smallest absolute Gasteiger partial charge is 0.114 e. The molecule has 1 heterocycles. The minimum absolute atomic E-state index is 0.570. The summed E-state index contributed by atoms with van der Waals surface area (Å²) in [5, 5.41) is 9.02. The van der Waals surface area contributed by atoms with E-state index < -0.39 is 0 Å². The van der Waals surface area contributed by atoms with Crippen LogP contribution in [0.25, 0.3) is 11.0 Å². The summed E-state index contributed by atoms with van der Waals surface area (Å²) < 4.78 is 2.01. The molecular weight excluding hydrogens is 198 g/mol. The second kappa shape index (κ2) is 2.70. The molecule has 0 amide bonds. The van der Waals surface area contributed by atoms with Crippen molar-refractivity contribution >= 4 is 22.6 Å². The van der Waals surface area contributed by atoms with Crippen molar-refractivity contribution in [3.05, 3.63) is 22.7 Å². The fourth-order valence-corrected chi connectivity index (χ4v) is 1.81. The number of hydrogen-bond donors (Lipinski definition) is 0. The molecule has 2 aromatic rings. The quantitative estimate of drug-likeness (QED) is 0.720. The van der Waals surface area contributed by atoms with E-state index in [1.54, 1.807) is 0 Å². The molecule has 0 bridgehead atoms. The van der Waals surface area contributed by atoms with Crippen molar-refractivity contribution in [2.45, 2.75) is 25.8 Å². The third-order valence-electron chi connectivity index (χ3n) is 2.64. The molecule has 0 atom stereocenters. The molecule has 0 N–H and O–H groups in total. The zero-order valence-electron chi connectivity index (χ0n) is 7.87. The van der Waals surface area contributed by atoms with Gasteiger partial charge in [0, 0.05) is 5.02 Å². The molecule has 3 nitrogen and oxygen atoms in total. The van der Waals surface area contributed by atoms with Crippen LogP contribution in [0.2, 0.25) is 5.02 Å². The van der Waals surface area contributed by atoms with Gasteiger partial charge in [0.2, 0.25) is 0 Å². The van der Waals surface area contributed by atoms with Crippen molar-refractivity contribution < 1.29 is 0 Å². The highest BCUT2D eigenvalue weighted by Crippen LogP contribution is 2.36. The first-order chi connectivity index (χ1) is 6.75. The number of halogens is 1. The first kappa shape index (κ1) is 8.24. The van der Waals surface area contributed by atoms with Gasteiger partial charge in [-0.3, -0.25) is 0 Å². The van der Waals surface area contributed by atoms with Crippen LogP contribution in [0.3, 0.4) is 0 Å². The topological polar surface area (TPSA) is 30.7 Å². The van der Waals surface area contributed by atoms with E-state index >= 15 is 0 Å². The van der Waals surface area contributed by atoms with Gasteiger partial charge in [-0.2, -0.15) is 0 Å². The Hall–Kier alpha value is -1.09. The lowest BCUT2D eigenvalue weighted by Gasteiger charge is -2.00. The van der Waals surface area contributed by atoms with E-state index in [9.17, 15) is 0 Å². The van der Waals surface area contributed by atoms with E-state index in [4.69, 9.17) is 11.6 Å². The SMILES string of the molecule is Cc1cc2c(cc1Cl)nnn2C1CC1. The van der Waals surface area contributed by atoms with Gasteiger partial charge < -0.3 is 0 Å². The minimum atomic E-state index is 0.570. The van der Waals surface area contributed by atoms with Crippen LogP contribution in [0.1, 0.15) is 24.4 Å². The third-order valence-corrected chi connectivity index (χ3v) is 3.05. The summed E-state index contributed by atoms with van der Waals surface area (Å²) in [6.07, 6.45) is 2.44. The average Bonchev–Trinajstić information content (AvgIpc) is 2.91. The Kier molecular flexibility index (Phi) is 1.59. The minimum Gasteiger partial charge on any atom is -0.242 e. The predicted octanol–water partition coefficient (Wildman–Crippen LogP) is 2.73. The average molecular weight is 208 g/mol. The Morgan fingerprint density at radius 2 is 2.21 bits per heavy atom. The molecule has 72 valence electrons. The first-order valence-corrected chi connectivity index (χ1v) is 5.14. The lowest BCUT2D eigenvalue weighted by atomic mass is 10.2. The van der Waals surface area contributed by atoms with Gasteiger partial charge in [0.1, 0.15) is 5.52 Å². The van der Waals surface area contributed by atoms with Crippen LogP contribution >= 0.6 is 11.6 Å². The molecule has 1 aromatic heterocycles. The monoisotopic (exact) mass is 207 g/mol. The van der Waals surface area contributed by atoms with E-state index in [0.717, 1.165) is 21.6 Å².